The van der Waals surface area contributed by atoms with E-state index in [1.165, 1.54) is 12.1 Å². The molecule has 0 radical (unpaired) electrons. The van der Waals surface area contributed by atoms with Gasteiger partial charge in [-0.2, -0.15) is 0 Å². The molecule has 8 heteroatoms. The Labute approximate surface area is 115 Å². The van der Waals surface area contributed by atoms with E-state index in [0.29, 0.717) is 0 Å². The fourth-order valence-electron chi connectivity index (χ4n) is 1.12. The Kier molecular flexibility index (Phi) is 5.25. The average molecular weight is 312 g/mol. The maximum Gasteiger partial charge on any atom is 0.421 e. The normalized spacial score (nSPS) is 11.3. The fraction of sp³-hybridized carbons (Fsp3) is 0.300. The van der Waals surface area contributed by atoms with Crippen molar-refractivity contribution < 1.29 is 17.9 Å². The van der Waals surface area contributed by atoms with Gasteiger partial charge >= 0.3 is 6.09 Å². The maximum atomic E-state index is 11.8. The number of amides is 1. The van der Waals surface area contributed by atoms with E-state index in [1.807, 2.05) is 0 Å². The minimum absolute atomic E-state index is 0.0206. The van der Waals surface area contributed by atoms with Crippen LogP contribution in [0.1, 0.15) is 5.56 Å². The van der Waals surface area contributed by atoms with Gasteiger partial charge in [0.25, 0.3) is 10.0 Å². The second kappa shape index (κ2) is 6.26. The average Bonchev–Trinajstić information content (AvgIpc) is 2.26. The molecule has 0 heterocycles. The molecule has 0 atom stereocenters. The van der Waals surface area contributed by atoms with E-state index in [9.17, 15) is 13.2 Å². The molecule has 0 aliphatic heterocycles. The molecule has 0 saturated carbocycles. The molecule has 0 saturated heterocycles. The SMILES string of the molecule is Cc1cccc(S(=O)(=O)NC(=O)OCC(Cl)Cl)c1. The predicted molar refractivity (Wildman–Crippen MR) is 68.3 cm³/mol. The lowest BCUT2D eigenvalue weighted by atomic mass is 10.2. The number of hydrogen-bond acceptors (Lipinski definition) is 4. The number of benzene rings is 1. The van der Waals surface area contributed by atoms with Gasteiger partial charge in [0.15, 0.2) is 0 Å². The summed E-state index contributed by atoms with van der Waals surface area (Å²) < 4.78 is 29.8. The molecule has 100 valence electrons. The van der Waals surface area contributed by atoms with Crippen LogP contribution in [0.4, 0.5) is 4.79 Å². The number of sulfonamides is 1. The molecule has 1 N–H and O–H groups in total. The highest BCUT2D eigenvalue weighted by atomic mass is 35.5. The largest absolute Gasteiger partial charge is 0.446 e. The first-order chi connectivity index (χ1) is 8.31. The minimum atomic E-state index is -3.94. The van der Waals surface area contributed by atoms with Gasteiger partial charge in [0, 0.05) is 0 Å². The molecule has 18 heavy (non-hydrogen) atoms. The highest BCUT2D eigenvalue weighted by Crippen LogP contribution is 2.11. The van der Waals surface area contributed by atoms with Gasteiger partial charge in [0.2, 0.25) is 0 Å². The third-order valence-electron chi connectivity index (χ3n) is 1.86. The number of hydrogen-bond donors (Lipinski definition) is 1. The highest BCUT2D eigenvalue weighted by Gasteiger charge is 2.18. The quantitative estimate of drug-likeness (QED) is 0.865. The molecule has 0 aliphatic rings. The van der Waals surface area contributed by atoms with Crippen molar-refractivity contribution in [1.82, 2.24) is 4.72 Å². The van der Waals surface area contributed by atoms with Crippen molar-refractivity contribution in [3.05, 3.63) is 29.8 Å². The number of carbonyl (C=O) groups excluding carboxylic acids is 1. The Morgan fingerprint density at radius 1 is 1.44 bits per heavy atom. The molecule has 0 unspecified atom stereocenters. The molecular weight excluding hydrogens is 301 g/mol. The molecule has 0 fully saturated rings. The second-order valence-electron chi connectivity index (χ2n) is 3.41. The van der Waals surface area contributed by atoms with E-state index >= 15 is 0 Å². The zero-order valence-corrected chi connectivity index (χ0v) is 11.7. The third-order valence-corrected chi connectivity index (χ3v) is 3.42. The first-order valence-corrected chi connectivity index (χ1v) is 7.21. The van der Waals surface area contributed by atoms with Gasteiger partial charge in [-0.05, 0) is 24.6 Å². The number of carbonyl (C=O) groups is 1. The number of halogens is 2. The lowest BCUT2D eigenvalue weighted by Crippen LogP contribution is -2.32. The Morgan fingerprint density at radius 3 is 2.67 bits per heavy atom. The van der Waals surface area contributed by atoms with E-state index in [1.54, 1.807) is 23.8 Å². The van der Waals surface area contributed by atoms with Crippen LogP contribution in [-0.4, -0.2) is 26.0 Å². The molecule has 1 amide bonds. The Morgan fingerprint density at radius 2 is 2.11 bits per heavy atom. The summed E-state index contributed by atoms with van der Waals surface area (Å²) in [6.45, 7) is 1.45. The number of rotatable bonds is 4. The first-order valence-electron chi connectivity index (χ1n) is 4.85. The van der Waals surface area contributed by atoms with Gasteiger partial charge < -0.3 is 4.74 Å². The third kappa shape index (κ3) is 4.72. The van der Waals surface area contributed by atoms with Crippen LogP contribution in [0.2, 0.25) is 0 Å². The summed E-state index contributed by atoms with van der Waals surface area (Å²) in [5.74, 6) is 0. The molecule has 5 nitrogen and oxygen atoms in total. The second-order valence-corrected chi connectivity index (χ2v) is 6.37. The van der Waals surface area contributed by atoms with Crippen molar-refractivity contribution in [3.63, 3.8) is 0 Å². The smallest absolute Gasteiger partial charge is 0.421 e. The fourth-order valence-corrected chi connectivity index (χ4v) is 2.24. The van der Waals surface area contributed by atoms with Crippen molar-refractivity contribution in [2.24, 2.45) is 0 Å². The van der Waals surface area contributed by atoms with Crippen LogP contribution in [0.15, 0.2) is 29.2 Å². The molecule has 1 aromatic carbocycles. The molecule has 0 aromatic heterocycles. The minimum Gasteiger partial charge on any atom is -0.446 e. The van der Waals surface area contributed by atoms with E-state index in [0.717, 1.165) is 5.56 Å². The van der Waals surface area contributed by atoms with Crippen LogP contribution in [0.25, 0.3) is 0 Å². The summed E-state index contributed by atoms with van der Waals surface area (Å²) in [4.78, 5) is 10.3. The zero-order chi connectivity index (χ0) is 13.8. The maximum absolute atomic E-state index is 11.8. The molecule has 0 aliphatic carbocycles. The Bertz CT molecular complexity index is 530. The van der Waals surface area contributed by atoms with Crippen LogP contribution in [0.3, 0.4) is 0 Å². The standard InChI is InChI=1S/C10H11Cl2NO4S/c1-7-3-2-4-8(5-7)18(15,16)13-10(14)17-6-9(11)12/h2-5,9H,6H2,1H3,(H,13,14). The highest BCUT2D eigenvalue weighted by molar-refractivity contribution is 7.90. The van der Waals surface area contributed by atoms with Gasteiger partial charge in [-0.1, -0.05) is 12.1 Å². The van der Waals surface area contributed by atoms with Gasteiger partial charge in [-0.15, -0.1) is 23.2 Å². The van der Waals surface area contributed by atoms with Crippen LogP contribution in [0, 0.1) is 6.92 Å². The van der Waals surface area contributed by atoms with Crippen LogP contribution in [-0.2, 0) is 14.8 Å². The summed E-state index contributed by atoms with van der Waals surface area (Å²) in [6.07, 6.45) is -1.12. The zero-order valence-electron chi connectivity index (χ0n) is 9.39. The van der Waals surface area contributed by atoms with Gasteiger partial charge in [0.05, 0.1) is 4.90 Å². The number of ether oxygens (including phenoxy) is 1. The van der Waals surface area contributed by atoms with Crippen molar-refractivity contribution in [2.75, 3.05) is 6.61 Å². The monoisotopic (exact) mass is 311 g/mol. The van der Waals surface area contributed by atoms with Crippen molar-refractivity contribution in [1.29, 1.82) is 0 Å². The Balaban J connectivity index is 2.74. The molecule has 1 aromatic rings. The van der Waals surface area contributed by atoms with E-state index < -0.39 is 21.0 Å². The van der Waals surface area contributed by atoms with Crippen molar-refractivity contribution in [3.8, 4) is 0 Å². The molecule has 0 bridgehead atoms. The topological polar surface area (TPSA) is 72.5 Å². The van der Waals surface area contributed by atoms with E-state index in [4.69, 9.17) is 23.2 Å². The van der Waals surface area contributed by atoms with Crippen LogP contribution >= 0.6 is 23.2 Å². The van der Waals surface area contributed by atoms with Gasteiger partial charge in [-0.3, -0.25) is 0 Å². The van der Waals surface area contributed by atoms with Crippen molar-refractivity contribution >= 4 is 39.3 Å². The number of aryl methyl sites for hydroxylation is 1. The van der Waals surface area contributed by atoms with Crippen LogP contribution in [0.5, 0.6) is 0 Å². The molecule has 1 rings (SSSR count). The van der Waals surface area contributed by atoms with E-state index in [2.05, 4.69) is 4.74 Å². The number of alkyl halides is 2. The summed E-state index contributed by atoms with van der Waals surface area (Å²) in [6, 6.07) is 6.11. The summed E-state index contributed by atoms with van der Waals surface area (Å²) in [7, 11) is -3.94. The lowest BCUT2D eigenvalue weighted by molar-refractivity contribution is 0.157. The summed E-state index contributed by atoms with van der Waals surface area (Å²) in [5, 5.41) is 0. The van der Waals surface area contributed by atoms with Gasteiger partial charge in [-0.25, -0.2) is 17.9 Å². The summed E-state index contributed by atoms with van der Waals surface area (Å²) in [5.41, 5.74) is 0.757. The first kappa shape index (κ1) is 15.1. The summed E-state index contributed by atoms with van der Waals surface area (Å²) >= 11 is 10.7. The Hall–Kier alpha value is -0.980. The van der Waals surface area contributed by atoms with E-state index in [-0.39, 0.29) is 11.5 Å². The lowest BCUT2D eigenvalue weighted by Gasteiger charge is -2.08. The number of nitrogens with one attached hydrogen (secondary N) is 1. The molecular formula is C10H11Cl2NO4S. The van der Waals surface area contributed by atoms with Crippen LogP contribution < -0.4 is 4.72 Å². The van der Waals surface area contributed by atoms with Crippen molar-refractivity contribution in [2.45, 2.75) is 16.7 Å². The van der Waals surface area contributed by atoms with Gasteiger partial charge in [0.1, 0.15) is 11.4 Å². The molecule has 0 spiro atoms. The predicted octanol–water partition coefficient (Wildman–Crippen LogP) is 2.21.